The van der Waals surface area contributed by atoms with Gasteiger partial charge in [0.25, 0.3) is 0 Å². The summed E-state index contributed by atoms with van der Waals surface area (Å²) in [6, 6.07) is 30.4. The molecule has 200 valence electrons. The van der Waals surface area contributed by atoms with Crippen molar-refractivity contribution in [2.75, 3.05) is 0 Å². The van der Waals surface area contributed by atoms with Crippen LogP contribution in [-0.2, 0) is 36.7 Å². The first kappa shape index (κ1) is 28.8. The van der Waals surface area contributed by atoms with Gasteiger partial charge in [-0.3, -0.25) is 4.79 Å². The van der Waals surface area contributed by atoms with Gasteiger partial charge in [-0.05, 0) is 47.6 Å². The maximum absolute atomic E-state index is 10.0. The van der Waals surface area contributed by atoms with E-state index in [-0.39, 0.29) is 50.2 Å². The van der Waals surface area contributed by atoms with E-state index < -0.39 is 0 Å². The second-order valence-corrected chi connectivity index (χ2v) is 11.4. The SMILES string of the molecule is CC(=O)/C=C(/C)O.CC1(C)c2[c-]c(-c3ccccn3)cc3c2B(c2ccccc21)c1ccccc1C3(C)C.[Pt]. The molecule has 0 saturated carbocycles. The fraction of sp³-hybridized carbons (Fsp3) is 0.235. The van der Waals surface area contributed by atoms with Crippen LogP contribution in [0.4, 0.5) is 0 Å². The Kier molecular flexibility index (Phi) is 7.92. The number of hydrogen-bond donors (Lipinski definition) is 1. The van der Waals surface area contributed by atoms with Crippen LogP contribution in [0.15, 0.2) is 90.8 Å². The molecule has 0 aliphatic carbocycles. The van der Waals surface area contributed by atoms with Crippen molar-refractivity contribution in [1.29, 1.82) is 0 Å². The van der Waals surface area contributed by atoms with Crippen molar-refractivity contribution < 1.29 is 31.0 Å². The van der Waals surface area contributed by atoms with Gasteiger partial charge in [-0.1, -0.05) is 99.3 Å². The van der Waals surface area contributed by atoms with E-state index in [2.05, 4.69) is 105 Å². The Morgan fingerprint density at radius 3 is 1.92 bits per heavy atom. The Hall–Kier alpha value is -3.23. The molecule has 39 heavy (non-hydrogen) atoms. The van der Waals surface area contributed by atoms with Crippen LogP contribution in [-0.4, -0.2) is 22.6 Å². The molecular formula is C34H33BNO2Pt-. The van der Waals surface area contributed by atoms with E-state index >= 15 is 0 Å². The standard InChI is InChI=1S/C29H25BN.C5H8O2.Pt/c1-28(2)20-11-5-7-13-24(20)30-25-14-8-6-12-21(25)29(3,4)23-18-19(17-22(28)27(23)30)26-15-9-10-16-31-26;1-4(6)3-5(2)7;/h5-17H,1-4H3;3,6H,1-2H3;/q-1;;/b;4-3-;. The predicted octanol–water partition coefficient (Wildman–Crippen LogP) is 5.38. The molecule has 0 amide bonds. The molecule has 0 bridgehead atoms. The van der Waals surface area contributed by atoms with Gasteiger partial charge in [0.1, 0.15) is 0 Å². The quantitative estimate of drug-likeness (QED) is 0.133. The van der Waals surface area contributed by atoms with Gasteiger partial charge in [-0.2, -0.15) is 0 Å². The van der Waals surface area contributed by atoms with Gasteiger partial charge >= 0.3 is 0 Å². The van der Waals surface area contributed by atoms with Crippen LogP contribution in [0.3, 0.4) is 0 Å². The van der Waals surface area contributed by atoms with Gasteiger partial charge in [0.15, 0.2) is 12.5 Å². The number of carbonyl (C=O) groups excluding carboxylic acids is 1. The maximum atomic E-state index is 10.0. The average Bonchev–Trinajstić information content (AvgIpc) is 2.88. The summed E-state index contributed by atoms with van der Waals surface area (Å²) in [4.78, 5) is 14.7. The van der Waals surface area contributed by atoms with Crippen molar-refractivity contribution >= 4 is 28.9 Å². The predicted molar refractivity (Wildman–Crippen MR) is 157 cm³/mol. The first-order chi connectivity index (χ1) is 18.0. The third kappa shape index (κ3) is 4.96. The number of allylic oxidation sites excluding steroid dienone is 2. The first-order valence-corrected chi connectivity index (χ1v) is 13.1. The van der Waals surface area contributed by atoms with E-state index in [4.69, 9.17) is 5.11 Å². The van der Waals surface area contributed by atoms with Gasteiger partial charge in [-0.25, -0.2) is 0 Å². The number of fused-ring (bicyclic) bond motifs is 4. The monoisotopic (exact) mass is 693 g/mol. The summed E-state index contributed by atoms with van der Waals surface area (Å²) < 4.78 is 0. The van der Waals surface area contributed by atoms with Crippen LogP contribution in [0.2, 0.25) is 0 Å². The molecule has 0 spiro atoms. The summed E-state index contributed by atoms with van der Waals surface area (Å²) in [7, 11) is 0. The fourth-order valence-corrected chi connectivity index (χ4v) is 6.25. The topological polar surface area (TPSA) is 50.2 Å². The smallest absolute Gasteiger partial charge is 0.192 e. The number of ketones is 1. The first-order valence-electron chi connectivity index (χ1n) is 13.1. The van der Waals surface area contributed by atoms with Crippen molar-refractivity contribution in [3.05, 3.63) is 119 Å². The molecule has 2 aliphatic heterocycles. The number of nitrogens with zero attached hydrogens (tertiary/aromatic N) is 1. The van der Waals surface area contributed by atoms with E-state index in [0.29, 0.717) is 0 Å². The van der Waals surface area contributed by atoms with Crippen LogP contribution in [0, 0.1) is 6.07 Å². The van der Waals surface area contributed by atoms with Crippen LogP contribution >= 0.6 is 0 Å². The van der Waals surface area contributed by atoms with Crippen LogP contribution < -0.4 is 16.4 Å². The van der Waals surface area contributed by atoms with Crippen molar-refractivity contribution in [3.63, 3.8) is 0 Å². The number of benzene rings is 3. The fourth-order valence-electron chi connectivity index (χ4n) is 6.25. The molecule has 0 saturated heterocycles. The van der Waals surface area contributed by atoms with Crippen LogP contribution in [0.5, 0.6) is 0 Å². The molecule has 1 N–H and O–H groups in total. The van der Waals surface area contributed by atoms with Gasteiger partial charge in [0.05, 0.1) is 5.76 Å². The minimum atomic E-state index is -0.125. The number of carbonyl (C=O) groups is 1. The molecule has 1 aromatic heterocycles. The Bertz CT molecular complexity index is 1490. The zero-order valence-electron chi connectivity index (χ0n) is 23.3. The number of hydrogen-bond acceptors (Lipinski definition) is 3. The number of aliphatic hydroxyl groups is 1. The molecular weight excluding hydrogens is 660 g/mol. The van der Waals surface area contributed by atoms with E-state index in [1.165, 1.54) is 58.6 Å². The molecule has 5 heteroatoms. The minimum Gasteiger partial charge on any atom is -0.512 e. The summed E-state index contributed by atoms with van der Waals surface area (Å²) in [6.07, 6.45) is 3.04. The maximum Gasteiger partial charge on any atom is 0.192 e. The van der Waals surface area contributed by atoms with Crippen molar-refractivity contribution in [3.8, 4) is 11.3 Å². The summed E-state index contributed by atoms with van der Waals surface area (Å²) in [6.45, 7) is 12.5. The molecule has 4 aromatic rings. The van der Waals surface area contributed by atoms with Crippen molar-refractivity contribution in [1.82, 2.24) is 4.98 Å². The molecule has 2 aliphatic rings. The summed E-state index contributed by atoms with van der Waals surface area (Å²) >= 11 is 0. The summed E-state index contributed by atoms with van der Waals surface area (Å²) in [5.41, 5.74) is 11.7. The minimum absolute atomic E-state index is 0. The van der Waals surface area contributed by atoms with Crippen LogP contribution in [0.25, 0.3) is 11.3 Å². The summed E-state index contributed by atoms with van der Waals surface area (Å²) in [5, 5.41) is 8.36. The Morgan fingerprint density at radius 2 is 1.41 bits per heavy atom. The second kappa shape index (κ2) is 10.7. The third-order valence-corrected chi connectivity index (χ3v) is 7.94. The van der Waals surface area contributed by atoms with Gasteiger partial charge in [0.2, 0.25) is 0 Å². The molecule has 0 radical (unpaired) electrons. The molecule has 3 heterocycles. The number of rotatable bonds is 2. The number of aliphatic hydroxyl groups excluding tert-OH is 1. The number of pyridine rings is 1. The van der Waals surface area contributed by atoms with Gasteiger partial charge in [0, 0.05) is 33.3 Å². The average molecular weight is 694 g/mol. The molecule has 0 atom stereocenters. The zero-order valence-corrected chi connectivity index (χ0v) is 25.6. The molecule has 0 unspecified atom stereocenters. The second-order valence-electron chi connectivity index (χ2n) is 11.4. The molecule has 3 aromatic carbocycles. The van der Waals surface area contributed by atoms with E-state index in [1.807, 2.05) is 12.3 Å². The Balaban J connectivity index is 0.000000394. The molecule has 3 nitrogen and oxygen atoms in total. The normalized spacial score (nSPS) is 15.4. The van der Waals surface area contributed by atoms with E-state index in [9.17, 15) is 4.79 Å². The third-order valence-electron chi connectivity index (χ3n) is 7.94. The zero-order chi connectivity index (χ0) is 27.2. The molecule has 6 rings (SSSR count). The van der Waals surface area contributed by atoms with Gasteiger partial charge in [-0.15, -0.1) is 34.3 Å². The van der Waals surface area contributed by atoms with Crippen molar-refractivity contribution in [2.24, 2.45) is 0 Å². The Labute approximate surface area is 246 Å². The van der Waals surface area contributed by atoms with Gasteiger partial charge < -0.3 is 10.1 Å². The van der Waals surface area contributed by atoms with Crippen molar-refractivity contribution in [2.45, 2.75) is 52.4 Å². The van der Waals surface area contributed by atoms with E-state index in [0.717, 1.165) is 11.3 Å². The Morgan fingerprint density at radius 1 is 0.846 bits per heavy atom. The number of aromatic nitrogens is 1. The summed E-state index contributed by atoms with van der Waals surface area (Å²) in [5.74, 6) is -0.0625. The van der Waals surface area contributed by atoms with Crippen LogP contribution in [0.1, 0.15) is 63.8 Å². The largest absolute Gasteiger partial charge is 0.512 e. The molecule has 0 fully saturated rings. The van der Waals surface area contributed by atoms with E-state index in [1.54, 1.807) is 0 Å².